The zero-order chi connectivity index (χ0) is 11.1. The monoisotopic (exact) mass is 528 g/mol. The molecule has 0 amide bonds. The molecule has 0 fully saturated rings. The van der Waals surface area contributed by atoms with Gasteiger partial charge in [0.1, 0.15) is 0 Å². The number of nitrogens with zero attached hydrogens (tertiary/aromatic N) is 2. The van der Waals surface area contributed by atoms with Crippen LogP contribution in [0, 0.1) is 23.7 Å². The van der Waals surface area contributed by atoms with E-state index in [1.807, 2.05) is 38.0 Å². The van der Waals surface area contributed by atoms with Gasteiger partial charge in [0.05, 0.1) is 0 Å². The van der Waals surface area contributed by atoms with E-state index in [0.29, 0.717) is 0 Å². The summed E-state index contributed by atoms with van der Waals surface area (Å²) in [6, 6.07) is 0. The summed E-state index contributed by atoms with van der Waals surface area (Å²) < 4.78 is 2.21. The summed E-state index contributed by atoms with van der Waals surface area (Å²) in [6.45, 7) is 0. The minimum absolute atomic E-state index is 1.11. The van der Waals surface area contributed by atoms with Crippen molar-refractivity contribution in [3.63, 3.8) is 0 Å². The quantitative estimate of drug-likeness (QED) is 0.446. The van der Waals surface area contributed by atoms with Crippen LogP contribution in [0.15, 0.2) is 0 Å². The molecule has 0 rings (SSSR count). The van der Waals surface area contributed by atoms with Gasteiger partial charge in [0.25, 0.3) is 0 Å². The van der Waals surface area contributed by atoms with Crippen molar-refractivity contribution in [2.45, 2.75) is 0 Å². The van der Waals surface area contributed by atoms with E-state index < -0.39 is 0 Å². The van der Waals surface area contributed by atoms with Gasteiger partial charge in [-0.3, -0.25) is 0 Å². The molecule has 4 heteroatoms. The molecular formula is C10H12N2W2. The molecule has 14 heavy (non-hydrogen) atoms. The van der Waals surface area contributed by atoms with Crippen LogP contribution in [-0.4, -0.2) is 46.0 Å². The molecule has 0 N–H and O–H groups in total. The van der Waals surface area contributed by atoms with Crippen molar-refractivity contribution >= 4 is 8.04 Å². The van der Waals surface area contributed by atoms with Crippen LogP contribution >= 0.6 is 0 Å². The molecule has 0 aliphatic rings. The zero-order valence-electron chi connectivity index (χ0n) is 8.71. The summed E-state index contributed by atoms with van der Waals surface area (Å²) in [5.74, 6) is 11.7. The number of rotatable bonds is 2. The summed E-state index contributed by atoms with van der Waals surface area (Å²) in [5, 5.41) is 0. The van der Waals surface area contributed by atoms with Gasteiger partial charge < -0.3 is 0 Å². The third-order valence-electron chi connectivity index (χ3n) is 1.21. The average molecular weight is 528 g/mol. The molecule has 74 valence electrons. The maximum atomic E-state index is 3.01. The molecule has 0 spiro atoms. The van der Waals surface area contributed by atoms with Crippen molar-refractivity contribution < 1.29 is 38.7 Å². The molecule has 0 radical (unpaired) electrons. The van der Waals surface area contributed by atoms with Gasteiger partial charge in [-0.05, 0) is 0 Å². The van der Waals surface area contributed by atoms with E-state index in [9.17, 15) is 0 Å². The molecule has 0 bridgehead atoms. The summed E-state index contributed by atoms with van der Waals surface area (Å²) in [7, 11) is 7.97. The summed E-state index contributed by atoms with van der Waals surface area (Å²) in [6.07, 6.45) is 0. The second kappa shape index (κ2) is 7.45. The van der Waals surface area contributed by atoms with E-state index >= 15 is 0 Å². The van der Waals surface area contributed by atoms with Gasteiger partial charge in [-0.1, -0.05) is 0 Å². The Kier molecular flexibility index (Phi) is 7.53. The van der Waals surface area contributed by atoms with Crippen LogP contribution in [0.1, 0.15) is 0 Å². The van der Waals surface area contributed by atoms with Gasteiger partial charge in [-0.2, -0.15) is 0 Å². The first-order chi connectivity index (χ1) is 6.45. The molecule has 0 heterocycles. The molecule has 0 aromatic heterocycles. The van der Waals surface area contributed by atoms with E-state index in [1.165, 1.54) is 38.7 Å². The van der Waals surface area contributed by atoms with Crippen molar-refractivity contribution in [2.24, 2.45) is 0 Å². The Labute approximate surface area is 108 Å². The molecule has 2 nitrogen and oxygen atoms in total. The Balaban J connectivity index is 4.30. The SMILES string of the molecule is CN(C)[C](=[W])C#CC#C[C](=[W])N(C)C. The van der Waals surface area contributed by atoms with Gasteiger partial charge in [-0.25, -0.2) is 0 Å². The molecule has 0 aromatic rings. The van der Waals surface area contributed by atoms with Crippen LogP contribution in [0.2, 0.25) is 0 Å². The van der Waals surface area contributed by atoms with E-state index in [2.05, 4.69) is 23.7 Å². The van der Waals surface area contributed by atoms with Crippen LogP contribution in [0.3, 0.4) is 0 Å². The minimum atomic E-state index is 1.11. The second-order valence-corrected chi connectivity index (χ2v) is 5.68. The molecule has 0 aliphatic carbocycles. The third-order valence-corrected chi connectivity index (χ3v) is 4.57. The van der Waals surface area contributed by atoms with Crippen molar-refractivity contribution in [2.75, 3.05) is 28.2 Å². The number of hydrogen-bond acceptors (Lipinski definition) is 2. The Bertz CT molecular complexity index is 312. The Morgan fingerprint density at radius 2 is 1.07 bits per heavy atom. The zero-order valence-corrected chi connectivity index (χ0v) is 14.6. The van der Waals surface area contributed by atoms with Crippen LogP contribution in [0.4, 0.5) is 0 Å². The average Bonchev–Trinajstić information content (AvgIpc) is 2.11. The fraction of sp³-hybridized carbons (Fsp3) is 0.400. The third kappa shape index (κ3) is 6.59. The molecule has 0 aliphatic heterocycles. The summed E-state index contributed by atoms with van der Waals surface area (Å²) in [5.41, 5.74) is 0. The fourth-order valence-corrected chi connectivity index (χ4v) is 0.760. The van der Waals surface area contributed by atoms with Crippen LogP contribution in [-0.2, 0) is 38.7 Å². The molecule has 0 saturated carbocycles. The first kappa shape index (κ1) is 14.2. The van der Waals surface area contributed by atoms with Gasteiger partial charge in [0, 0.05) is 0 Å². The standard InChI is InChI=1S/C10H12N2.2W/c1-11(2)9-7-5-6-8-10-12(3)4;;/h1-4H3;;. The fourth-order valence-electron chi connectivity index (χ4n) is 0.393. The summed E-state index contributed by atoms with van der Waals surface area (Å²) in [4.78, 5) is 4.02. The van der Waals surface area contributed by atoms with E-state index in [1.54, 1.807) is 0 Å². The normalized spacial score (nSPS) is 8.71. The van der Waals surface area contributed by atoms with Gasteiger partial charge in [-0.15, -0.1) is 0 Å². The topological polar surface area (TPSA) is 6.48 Å². The predicted octanol–water partition coefficient (Wildman–Crippen LogP) is -0.530. The second-order valence-electron chi connectivity index (χ2n) is 2.90. The van der Waals surface area contributed by atoms with Crippen LogP contribution in [0.5, 0.6) is 0 Å². The first-order valence-electron chi connectivity index (χ1n) is 3.89. The molecule has 0 atom stereocenters. The van der Waals surface area contributed by atoms with Crippen molar-refractivity contribution in [1.82, 2.24) is 9.80 Å². The molecule has 0 saturated heterocycles. The Morgan fingerprint density at radius 1 is 0.786 bits per heavy atom. The molecular weight excluding hydrogens is 516 g/mol. The van der Waals surface area contributed by atoms with Crippen molar-refractivity contribution in [3.8, 4) is 23.7 Å². The predicted molar refractivity (Wildman–Crippen MR) is 52.9 cm³/mol. The van der Waals surface area contributed by atoms with Crippen LogP contribution < -0.4 is 0 Å². The van der Waals surface area contributed by atoms with E-state index in [4.69, 9.17) is 0 Å². The Hall–Kier alpha value is 0.157. The molecule has 0 unspecified atom stereocenters. The first-order valence-corrected chi connectivity index (χ1v) is 6.83. The number of hydrogen-bond donors (Lipinski definition) is 0. The van der Waals surface area contributed by atoms with Gasteiger partial charge in [0.2, 0.25) is 0 Å². The van der Waals surface area contributed by atoms with Crippen LogP contribution in [0.25, 0.3) is 0 Å². The Morgan fingerprint density at radius 3 is 1.29 bits per heavy atom. The molecule has 0 aromatic carbocycles. The van der Waals surface area contributed by atoms with Crippen molar-refractivity contribution in [3.05, 3.63) is 0 Å². The maximum absolute atomic E-state index is 3.01. The van der Waals surface area contributed by atoms with Crippen molar-refractivity contribution in [1.29, 1.82) is 0 Å². The van der Waals surface area contributed by atoms with Gasteiger partial charge in [0.15, 0.2) is 0 Å². The van der Waals surface area contributed by atoms with E-state index in [-0.39, 0.29) is 0 Å². The van der Waals surface area contributed by atoms with E-state index in [0.717, 1.165) is 8.04 Å². The summed E-state index contributed by atoms with van der Waals surface area (Å²) >= 11 is 2.75. The van der Waals surface area contributed by atoms with Gasteiger partial charge >= 0.3 is 108 Å².